The summed E-state index contributed by atoms with van der Waals surface area (Å²) in [6, 6.07) is 11.8. The minimum Gasteiger partial charge on any atom is -0.489 e. The fraction of sp³-hybridized carbons (Fsp3) is 0.385. The van der Waals surface area contributed by atoms with E-state index >= 15 is 0 Å². The Morgan fingerprint density at radius 3 is 2.82 bits per heavy atom. The summed E-state index contributed by atoms with van der Waals surface area (Å²) in [4.78, 5) is 13.5. The van der Waals surface area contributed by atoms with Crippen molar-refractivity contribution in [1.82, 2.24) is 20.3 Å². The average Bonchev–Trinajstić information content (AvgIpc) is 2.88. The lowest BCUT2D eigenvalue weighted by molar-refractivity contribution is 0.0254. The third-order valence-corrected chi connectivity index (χ3v) is 5.59. The van der Waals surface area contributed by atoms with E-state index in [4.69, 9.17) is 19.2 Å². The molecule has 2 aromatic heterocycles. The van der Waals surface area contributed by atoms with E-state index in [1.54, 1.807) is 13.3 Å². The van der Waals surface area contributed by atoms with Crippen LogP contribution in [-0.4, -0.2) is 54.5 Å². The van der Waals surface area contributed by atoms with Gasteiger partial charge in [-0.05, 0) is 35.4 Å². The number of benzene rings is 1. The highest BCUT2D eigenvalue weighted by Crippen LogP contribution is 2.27. The zero-order chi connectivity index (χ0) is 23.6. The highest BCUT2D eigenvalue weighted by Gasteiger charge is 2.17. The third-order valence-electron chi connectivity index (χ3n) is 5.59. The molecule has 1 aromatic carbocycles. The fourth-order valence-corrected chi connectivity index (χ4v) is 3.82. The van der Waals surface area contributed by atoms with Crippen molar-refractivity contribution in [1.29, 1.82) is 5.26 Å². The summed E-state index contributed by atoms with van der Waals surface area (Å²) in [5.74, 6) is 1.30. The minimum atomic E-state index is 0.0805. The van der Waals surface area contributed by atoms with Crippen LogP contribution in [0.15, 0.2) is 48.9 Å². The number of ether oxygens (including phenoxy) is 3. The Hall–Kier alpha value is -3.38. The van der Waals surface area contributed by atoms with Crippen molar-refractivity contribution in [2.75, 3.05) is 33.5 Å². The van der Waals surface area contributed by atoms with Crippen LogP contribution in [0.3, 0.4) is 0 Å². The molecule has 1 fully saturated rings. The number of hydrogen-bond donors (Lipinski definition) is 1. The van der Waals surface area contributed by atoms with Gasteiger partial charge in [-0.25, -0.2) is 9.97 Å². The number of nitrogens with one attached hydrogen (secondary N) is 1. The standard InChI is InChI=1S/C26H29N5O3/c1-32-11-8-28-17-20-12-19(16-29-18-20)13-26-30-7-4-24(31-26)21-2-3-25(22(14-21)15-27)34-23-5-9-33-10-6-23/h2-4,7,12,14,16,18,23,28H,5-6,8-11,13,17H2,1H3. The molecule has 0 atom stereocenters. The van der Waals surface area contributed by atoms with Crippen LogP contribution < -0.4 is 10.1 Å². The number of nitriles is 1. The second-order valence-corrected chi connectivity index (χ2v) is 8.16. The maximum atomic E-state index is 9.68. The van der Waals surface area contributed by atoms with E-state index in [2.05, 4.69) is 27.4 Å². The van der Waals surface area contributed by atoms with E-state index in [1.165, 1.54) is 0 Å². The molecule has 4 rings (SSSR count). The molecule has 34 heavy (non-hydrogen) atoms. The number of rotatable bonds is 10. The van der Waals surface area contributed by atoms with Gasteiger partial charge in [0, 0.05) is 63.6 Å². The van der Waals surface area contributed by atoms with Crippen molar-refractivity contribution < 1.29 is 14.2 Å². The van der Waals surface area contributed by atoms with Gasteiger partial charge in [0.25, 0.3) is 0 Å². The van der Waals surface area contributed by atoms with Gasteiger partial charge in [-0.3, -0.25) is 4.98 Å². The van der Waals surface area contributed by atoms with Crippen LogP contribution in [0.4, 0.5) is 0 Å². The Morgan fingerprint density at radius 2 is 2.00 bits per heavy atom. The van der Waals surface area contributed by atoms with Crippen molar-refractivity contribution in [3.05, 3.63) is 71.4 Å². The summed E-state index contributed by atoms with van der Waals surface area (Å²) in [7, 11) is 1.69. The maximum Gasteiger partial charge on any atom is 0.137 e. The predicted molar refractivity (Wildman–Crippen MR) is 127 cm³/mol. The smallest absolute Gasteiger partial charge is 0.137 e. The minimum absolute atomic E-state index is 0.0805. The molecular formula is C26H29N5O3. The van der Waals surface area contributed by atoms with Crippen LogP contribution in [0, 0.1) is 11.3 Å². The average molecular weight is 460 g/mol. The van der Waals surface area contributed by atoms with Crippen LogP contribution in [0.25, 0.3) is 11.3 Å². The Morgan fingerprint density at radius 1 is 1.15 bits per heavy atom. The molecule has 3 heterocycles. The summed E-state index contributed by atoms with van der Waals surface area (Å²) >= 11 is 0. The van der Waals surface area contributed by atoms with Gasteiger partial charge < -0.3 is 19.5 Å². The van der Waals surface area contributed by atoms with Gasteiger partial charge >= 0.3 is 0 Å². The van der Waals surface area contributed by atoms with E-state index in [-0.39, 0.29) is 6.10 Å². The second-order valence-electron chi connectivity index (χ2n) is 8.16. The number of pyridine rings is 1. The molecule has 1 N–H and O–H groups in total. The van der Waals surface area contributed by atoms with Gasteiger partial charge in [0.2, 0.25) is 0 Å². The number of aromatic nitrogens is 3. The first kappa shape index (κ1) is 23.8. The van der Waals surface area contributed by atoms with Crippen molar-refractivity contribution in [2.24, 2.45) is 0 Å². The van der Waals surface area contributed by atoms with Crippen LogP contribution in [-0.2, 0) is 22.4 Å². The van der Waals surface area contributed by atoms with E-state index in [0.717, 1.165) is 48.3 Å². The molecule has 0 saturated carbocycles. The molecule has 0 spiro atoms. The van der Waals surface area contributed by atoms with Crippen LogP contribution in [0.2, 0.25) is 0 Å². The molecule has 0 radical (unpaired) electrons. The fourth-order valence-electron chi connectivity index (χ4n) is 3.82. The highest BCUT2D eigenvalue weighted by atomic mass is 16.5. The van der Waals surface area contributed by atoms with Gasteiger partial charge in [-0.2, -0.15) is 5.26 Å². The summed E-state index contributed by atoms with van der Waals surface area (Å²) in [6.07, 6.45) is 7.76. The quantitative estimate of drug-likeness (QED) is 0.461. The van der Waals surface area contributed by atoms with Gasteiger partial charge in [0.1, 0.15) is 23.7 Å². The van der Waals surface area contributed by atoms with Crippen LogP contribution in [0.5, 0.6) is 5.75 Å². The summed E-state index contributed by atoms with van der Waals surface area (Å²) < 4.78 is 16.5. The largest absolute Gasteiger partial charge is 0.489 e. The van der Waals surface area contributed by atoms with Crippen LogP contribution in [0.1, 0.15) is 35.4 Å². The summed E-state index contributed by atoms with van der Waals surface area (Å²) in [6.45, 7) is 3.57. The SMILES string of the molecule is COCCNCc1cncc(Cc2nccc(-c3ccc(OC4CCOCC4)c(C#N)c3)n2)c1. The molecule has 176 valence electrons. The van der Waals surface area contributed by atoms with E-state index < -0.39 is 0 Å². The third kappa shape index (κ3) is 6.58. The van der Waals surface area contributed by atoms with Crippen molar-refractivity contribution in [3.63, 3.8) is 0 Å². The number of methoxy groups -OCH3 is 1. The molecule has 3 aromatic rings. The molecular weight excluding hydrogens is 430 g/mol. The van der Waals surface area contributed by atoms with Crippen LogP contribution >= 0.6 is 0 Å². The summed E-state index contributed by atoms with van der Waals surface area (Å²) in [5.41, 5.74) is 4.27. The monoisotopic (exact) mass is 459 g/mol. The lowest BCUT2D eigenvalue weighted by atomic mass is 10.1. The first-order chi connectivity index (χ1) is 16.7. The van der Waals surface area contributed by atoms with Gasteiger partial charge in [0.05, 0.1) is 31.1 Å². The second kappa shape index (κ2) is 12.2. The lowest BCUT2D eigenvalue weighted by Crippen LogP contribution is -2.26. The number of nitrogens with zero attached hydrogens (tertiary/aromatic N) is 4. The molecule has 0 bridgehead atoms. The van der Waals surface area contributed by atoms with E-state index in [0.29, 0.717) is 43.4 Å². The topological polar surface area (TPSA) is 102 Å². The molecule has 1 saturated heterocycles. The van der Waals surface area contributed by atoms with Gasteiger partial charge in [-0.1, -0.05) is 6.07 Å². The van der Waals surface area contributed by atoms with E-state index in [9.17, 15) is 5.26 Å². The van der Waals surface area contributed by atoms with Crippen molar-refractivity contribution in [3.8, 4) is 23.1 Å². The molecule has 8 nitrogen and oxygen atoms in total. The molecule has 8 heteroatoms. The first-order valence-electron chi connectivity index (χ1n) is 11.5. The Kier molecular flexibility index (Phi) is 8.52. The maximum absolute atomic E-state index is 9.68. The highest BCUT2D eigenvalue weighted by molar-refractivity contribution is 5.64. The summed E-state index contributed by atoms with van der Waals surface area (Å²) in [5, 5.41) is 13.0. The molecule has 1 aliphatic rings. The lowest BCUT2D eigenvalue weighted by Gasteiger charge is -2.23. The Bertz CT molecular complexity index is 1130. The van der Waals surface area contributed by atoms with Gasteiger partial charge in [0.15, 0.2) is 0 Å². The van der Waals surface area contributed by atoms with Crippen molar-refractivity contribution >= 4 is 0 Å². The molecule has 0 unspecified atom stereocenters. The Labute approximate surface area is 199 Å². The Balaban J connectivity index is 1.45. The first-order valence-corrected chi connectivity index (χ1v) is 11.5. The predicted octanol–water partition coefficient (Wildman–Crippen LogP) is 3.29. The van der Waals surface area contributed by atoms with E-state index in [1.807, 2.05) is 36.7 Å². The molecule has 0 aliphatic carbocycles. The normalized spacial score (nSPS) is 14.0. The molecule has 0 amide bonds. The zero-order valence-corrected chi connectivity index (χ0v) is 19.4. The van der Waals surface area contributed by atoms with Gasteiger partial charge in [-0.15, -0.1) is 0 Å². The zero-order valence-electron chi connectivity index (χ0n) is 19.4. The van der Waals surface area contributed by atoms with Crippen molar-refractivity contribution in [2.45, 2.75) is 31.9 Å². The molecule has 1 aliphatic heterocycles. The number of hydrogen-bond acceptors (Lipinski definition) is 8.